The smallest absolute Gasteiger partial charge is 0.394 e. The molecule has 0 bridgehead atoms. The molecule has 1 aromatic heterocycles. The number of ether oxygens (including phenoxy) is 1. The van der Waals surface area contributed by atoms with Crippen molar-refractivity contribution in [3.05, 3.63) is 22.7 Å². The quantitative estimate of drug-likeness (QED) is 0.315. The maximum Gasteiger partial charge on any atom is 0.567 e. The minimum Gasteiger partial charge on any atom is -0.394 e. The van der Waals surface area contributed by atoms with Gasteiger partial charge in [0.1, 0.15) is 18.0 Å². The summed E-state index contributed by atoms with van der Waals surface area (Å²) in [5, 5.41) is 19.0. The van der Waals surface area contributed by atoms with Crippen molar-refractivity contribution in [1.82, 2.24) is 9.55 Å². The Hall–Kier alpha value is -1.17. The molecule has 1 fully saturated rings. The Kier molecular flexibility index (Phi) is 4.56. The summed E-state index contributed by atoms with van der Waals surface area (Å²) in [4.78, 5) is 42.1. The van der Waals surface area contributed by atoms with E-state index in [9.17, 15) is 9.90 Å². The van der Waals surface area contributed by atoms with Crippen LogP contribution in [0.15, 0.2) is 17.1 Å². The zero-order chi connectivity index (χ0) is 15.8. The molecule has 12 heteroatoms. The van der Waals surface area contributed by atoms with E-state index in [4.69, 9.17) is 30.3 Å². The Bertz CT molecular complexity index is 561. The van der Waals surface area contributed by atoms with Crippen molar-refractivity contribution in [2.75, 3.05) is 12.3 Å². The molecule has 1 aromatic rings. The molecule has 2 heterocycles. The maximum absolute atomic E-state index is 11.8. The molecule has 0 spiro atoms. The summed E-state index contributed by atoms with van der Waals surface area (Å²) in [6.07, 6.45) is -4.28. The Labute approximate surface area is 118 Å². The summed E-state index contributed by atoms with van der Waals surface area (Å²) in [7, 11) is -4.70. The third-order valence-corrected chi connectivity index (χ3v) is 3.41. The lowest BCUT2D eigenvalue weighted by molar-refractivity contribution is -0.0559. The third kappa shape index (κ3) is 3.54. The summed E-state index contributed by atoms with van der Waals surface area (Å²) in [6.45, 7) is -0.609. The van der Waals surface area contributed by atoms with Crippen molar-refractivity contribution in [2.24, 2.45) is 0 Å². The number of hydrogen-bond donors (Lipinski definition) is 6. The molecular formula is C9H15N3O8P+. The minimum atomic E-state index is -4.70. The van der Waals surface area contributed by atoms with Crippen LogP contribution in [0.5, 0.6) is 0 Å². The second-order valence-electron chi connectivity index (χ2n) is 4.36. The first-order valence-corrected chi connectivity index (χ1v) is 7.34. The van der Waals surface area contributed by atoms with E-state index < -0.39 is 45.0 Å². The number of hydrogen-bond acceptors (Lipinski definition) is 10. The SMILES string of the molecule is Nc1ccn([C@@H]2O[C@H](CO)[C@@H](O)[C@H]2O[P+](O)(O)O)c(=O)n1. The van der Waals surface area contributed by atoms with Crippen molar-refractivity contribution in [3.63, 3.8) is 0 Å². The second kappa shape index (κ2) is 5.91. The van der Waals surface area contributed by atoms with Crippen molar-refractivity contribution in [1.29, 1.82) is 0 Å². The highest BCUT2D eigenvalue weighted by molar-refractivity contribution is 7.53. The topological polar surface area (TPSA) is 181 Å². The van der Waals surface area contributed by atoms with Gasteiger partial charge in [-0.3, -0.25) is 4.57 Å². The molecule has 1 aliphatic heterocycles. The Morgan fingerprint density at radius 3 is 2.67 bits per heavy atom. The van der Waals surface area contributed by atoms with Crippen molar-refractivity contribution < 1.29 is 34.2 Å². The van der Waals surface area contributed by atoms with Gasteiger partial charge in [0.25, 0.3) is 0 Å². The van der Waals surface area contributed by atoms with Gasteiger partial charge in [-0.25, -0.2) is 4.79 Å². The zero-order valence-corrected chi connectivity index (χ0v) is 11.4. The average molecular weight is 324 g/mol. The molecular weight excluding hydrogens is 309 g/mol. The first-order valence-electron chi connectivity index (χ1n) is 5.77. The number of anilines is 1. The third-order valence-electron chi connectivity index (χ3n) is 2.88. The van der Waals surface area contributed by atoms with Crippen LogP contribution in [0.3, 0.4) is 0 Å². The van der Waals surface area contributed by atoms with Crippen LogP contribution in [0.1, 0.15) is 6.23 Å². The van der Waals surface area contributed by atoms with Crippen LogP contribution in [0, 0.1) is 0 Å². The first-order chi connectivity index (χ1) is 9.73. The lowest BCUT2D eigenvalue weighted by Gasteiger charge is -2.20. The molecule has 11 nitrogen and oxygen atoms in total. The molecule has 0 unspecified atom stereocenters. The summed E-state index contributed by atoms with van der Waals surface area (Å²) in [6, 6.07) is 1.28. The fraction of sp³-hybridized carbons (Fsp3) is 0.556. The van der Waals surface area contributed by atoms with Crippen LogP contribution in [-0.4, -0.2) is 59.4 Å². The lowest BCUT2D eigenvalue weighted by atomic mass is 10.1. The molecule has 1 aliphatic rings. The summed E-state index contributed by atoms with van der Waals surface area (Å²) < 4.78 is 10.7. The number of nitrogens with two attached hydrogens (primary N) is 1. The molecule has 1 saturated heterocycles. The predicted octanol–water partition coefficient (Wildman–Crippen LogP) is -2.88. The Morgan fingerprint density at radius 2 is 2.14 bits per heavy atom. The van der Waals surface area contributed by atoms with Crippen LogP contribution in [0.4, 0.5) is 5.82 Å². The van der Waals surface area contributed by atoms with Gasteiger partial charge in [-0.1, -0.05) is 0 Å². The number of nitrogens with zero attached hydrogens (tertiary/aromatic N) is 2. The highest BCUT2D eigenvalue weighted by Gasteiger charge is 2.53. The molecule has 21 heavy (non-hydrogen) atoms. The highest BCUT2D eigenvalue weighted by atomic mass is 31.2. The van der Waals surface area contributed by atoms with E-state index >= 15 is 0 Å². The zero-order valence-electron chi connectivity index (χ0n) is 10.6. The van der Waals surface area contributed by atoms with Crippen LogP contribution < -0.4 is 11.4 Å². The van der Waals surface area contributed by atoms with Gasteiger partial charge in [0, 0.05) is 6.20 Å². The van der Waals surface area contributed by atoms with Gasteiger partial charge < -0.3 is 20.7 Å². The number of aliphatic hydroxyl groups excluding tert-OH is 2. The van der Waals surface area contributed by atoms with Crippen LogP contribution in [0.25, 0.3) is 0 Å². The van der Waals surface area contributed by atoms with Crippen LogP contribution in [0.2, 0.25) is 0 Å². The fourth-order valence-electron chi connectivity index (χ4n) is 1.99. The molecule has 0 amide bonds. The molecule has 2 rings (SSSR count). The Balaban J connectivity index is 2.36. The van der Waals surface area contributed by atoms with E-state index in [0.29, 0.717) is 0 Å². The van der Waals surface area contributed by atoms with Crippen LogP contribution in [-0.2, 0) is 9.26 Å². The van der Waals surface area contributed by atoms with Gasteiger partial charge in [-0.05, 0) is 6.07 Å². The molecule has 7 N–H and O–H groups in total. The monoisotopic (exact) mass is 324 g/mol. The normalized spacial score (nSPS) is 29.8. The van der Waals surface area contributed by atoms with E-state index in [1.807, 2.05) is 0 Å². The fourth-order valence-corrected chi connectivity index (χ4v) is 2.54. The van der Waals surface area contributed by atoms with Gasteiger partial charge in [0.05, 0.1) is 6.61 Å². The highest BCUT2D eigenvalue weighted by Crippen LogP contribution is 2.50. The average Bonchev–Trinajstić information content (AvgIpc) is 2.65. The van der Waals surface area contributed by atoms with E-state index in [1.54, 1.807) is 0 Å². The van der Waals surface area contributed by atoms with Crippen molar-refractivity contribution >= 4 is 14.0 Å². The van der Waals surface area contributed by atoms with Gasteiger partial charge >= 0.3 is 13.9 Å². The largest absolute Gasteiger partial charge is 0.567 e. The van der Waals surface area contributed by atoms with Gasteiger partial charge in [-0.2, -0.15) is 19.7 Å². The van der Waals surface area contributed by atoms with Crippen molar-refractivity contribution in [3.8, 4) is 0 Å². The van der Waals surface area contributed by atoms with Gasteiger partial charge in [0.2, 0.25) is 0 Å². The van der Waals surface area contributed by atoms with E-state index in [1.165, 1.54) is 12.3 Å². The molecule has 0 aliphatic carbocycles. The molecule has 118 valence electrons. The minimum absolute atomic E-state index is 0.0423. The standard InChI is InChI=1S/C9H14N3O8P/c10-5-1-2-12(9(15)11-5)8-7(20-21(16,17)18)6(14)4(3-13)19-8/h1-2,4,6-8,13-14,16-18H,3H2,(H-,10,11,15)/p+1/t4-,6-,7-,8-/m1/s1. The lowest BCUT2D eigenvalue weighted by Crippen LogP contribution is -2.38. The van der Waals surface area contributed by atoms with Gasteiger partial charge in [0.15, 0.2) is 12.3 Å². The van der Waals surface area contributed by atoms with Crippen molar-refractivity contribution in [2.45, 2.75) is 24.5 Å². The second-order valence-corrected chi connectivity index (χ2v) is 5.60. The Morgan fingerprint density at radius 1 is 1.48 bits per heavy atom. The van der Waals surface area contributed by atoms with Gasteiger partial charge in [-0.15, -0.1) is 4.52 Å². The first kappa shape index (κ1) is 16.2. The number of aromatic nitrogens is 2. The maximum atomic E-state index is 11.8. The molecule has 4 atom stereocenters. The van der Waals surface area contributed by atoms with E-state index in [2.05, 4.69) is 9.51 Å². The molecule has 0 radical (unpaired) electrons. The molecule has 0 aromatic carbocycles. The van der Waals surface area contributed by atoms with Crippen LogP contribution >= 0.6 is 8.17 Å². The van der Waals surface area contributed by atoms with E-state index in [0.717, 1.165) is 4.57 Å². The number of aliphatic hydroxyl groups is 2. The van der Waals surface area contributed by atoms with E-state index in [-0.39, 0.29) is 5.82 Å². The summed E-state index contributed by atoms with van der Waals surface area (Å²) in [5.74, 6) is -0.0423. The molecule has 0 saturated carbocycles. The number of rotatable bonds is 4. The predicted molar refractivity (Wildman–Crippen MR) is 68.4 cm³/mol. The summed E-state index contributed by atoms with van der Waals surface area (Å²) >= 11 is 0. The summed E-state index contributed by atoms with van der Waals surface area (Å²) in [5.41, 5.74) is 4.51. The number of nitrogen functional groups attached to an aromatic ring is 1.